The van der Waals surface area contributed by atoms with E-state index in [1.807, 2.05) is 0 Å². The Balaban J connectivity index is 1.75. The summed E-state index contributed by atoms with van der Waals surface area (Å²) in [6.07, 6.45) is -4.50. The van der Waals surface area contributed by atoms with Crippen LogP contribution in [0.2, 0.25) is 0 Å². The number of benzene rings is 1. The van der Waals surface area contributed by atoms with E-state index in [-0.39, 0.29) is 29.4 Å². The minimum atomic E-state index is -4.79. The molecule has 0 aliphatic carbocycles. The van der Waals surface area contributed by atoms with E-state index < -0.39 is 18.0 Å². The highest BCUT2D eigenvalue weighted by molar-refractivity contribution is 5.94. The van der Waals surface area contributed by atoms with Gasteiger partial charge in [-0.15, -0.1) is 13.2 Å². The van der Waals surface area contributed by atoms with Gasteiger partial charge in [0.15, 0.2) is 0 Å². The second kappa shape index (κ2) is 6.70. The van der Waals surface area contributed by atoms with Gasteiger partial charge in [0.1, 0.15) is 5.75 Å². The van der Waals surface area contributed by atoms with Crippen molar-refractivity contribution in [3.8, 4) is 5.75 Å². The number of nitrogens with one attached hydrogen (secondary N) is 2. The van der Waals surface area contributed by atoms with Gasteiger partial charge in [0.25, 0.3) is 0 Å². The Hall–Kier alpha value is -3.44. The van der Waals surface area contributed by atoms with Crippen molar-refractivity contribution in [3.05, 3.63) is 40.4 Å². The van der Waals surface area contributed by atoms with E-state index in [0.717, 1.165) is 5.69 Å². The molecule has 9 nitrogen and oxygen atoms in total. The number of anilines is 1. The first-order valence-electron chi connectivity index (χ1n) is 7.66. The molecule has 0 unspecified atom stereocenters. The quantitative estimate of drug-likeness (QED) is 0.571. The highest BCUT2D eigenvalue weighted by Gasteiger charge is 2.31. The molecule has 1 aromatic carbocycles. The maximum Gasteiger partial charge on any atom is 0.573 e. The Labute approximate surface area is 149 Å². The second-order valence-electron chi connectivity index (χ2n) is 5.65. The summed E-state index contributed by atoms with van der Waals surface area (Å²) in [5.74, 6) is -1.47. The van der Waals surface area contributed by atoms with Crippen LogP contribution >= 0.6 is 0 Å². The van der Waals surface area contributed by atoms with Crippen LogP contribution in [0.3, 0.4) is 0 Å². The van der Waals surface area contributed by atoms with Gasteiger partial charge in [-0.2, -0.15) is 0 Å². The van der Waals surface area contributed by atoms with Crippen LogP contribution in [-0.2, 0) is 6.42 Å². The topological polar surface area (TPSA) is 133 Å². The molecule has 144 valence electrons. The van der Waals surface area contributed by atoms with Crippen molar-refractivity contribution in [1.29, 1.82) is 0 Å². The summed E-state index contributed by atoms with van der Waals surface area (Å²) < 4.78 is 45.4. The SMILES string of the molecule is Cc1[nH]c2ccc(OC(F)(F)F)cc2c1CCNC(=O)c1c(N)no[n+]1[O-]. The Bertz CT molecular complexity index is 976. The second-order valence-corrected chi connectivity index (χ2v) is 5.65. The van der Waals surface area contributed by atoms with E-state index in [1.165, 1.54) is 18.2 Å². The van der Waals surface area contributed by atoms with Crippen LogP contribution in [0.15, 0.2) is 22.8 Å². The molecule has 0 aliphatic rings. The van der Waals surface area contributed by atoms with Crippen LogP contribution in [-0.4, -0.2) is 29.0 Å². The predicted molar refractivity (Wildman–Crippen MR) is 85.6 cm³/mol. The summed E-state index contributed by atoms with van der Waals surface area (Å²) in [7, 11) is 0. The normalized spacial score (nSPS) is 11.7. The zero-order valence-electron chi connectivity index (χ0n) is 13.9. The highest BCUT2D eigenvalue weighted by Crippen LogP contribution is 2.29. The molecule has 27 heavy (non-hydrogen) atoms. The van der Waals surface area contributed by atoms with E-state index in [2.05, 4.69) is 24.8 Å². The van der Waals surface area contributed by atoms with Crippen molar-refractivity contribution >= 4 is 22.6 Å². The number of amides is 1. The van der Waals surface area contributed by atoms with Gasteiger partial charge in [-0.3, -0.25) is 9.42 Å². The number of halogens is 3. The standard InChI is InChI=1S/C15H14F3N5O4/c1-7-9(4-5-20-14(24)12-13(19)22-27-23(12)25)10-6-8(26-15(16,17)18)2-3-11(10)21-7/h2-3,6,21H,4-5H2,1H3,(H2,19,22)(H,20,24). The average molecular weight is 385 g/mol. The van der Waals surface area contributed by atoms with Gasteiger partial charge < -0.3 is 26.0 Å². The molecular formula is C15H14F3N5O4. The lowest BCUT2D eigenvalue weighted by atomic mass is 10.1. The fourth-order valence-electron chi connectivity index (χ4n) is 2.72. The number of aromatic nitrogens is 3. The van der Waals surface area contributed by atoms with Gasteiger partial charge in [0, 0.05) is 23.1 Å². The number of fused-ring (bicyclic) bond motifs is 1. The Morgan fingerprint density at radius 3 is 2.85 bits per heavy atom. The minimum absolute atomic E-state index is 0.0988. The highest BCUT2D eigenvalue weighted by atomic mass is 19.4. The molecule has 12 heteroatoms. The first-order chi connectivity index (χ1) is 12.7. The van der Waals surface area contributed by atoms with Gasteiger partial charge in [-0.05, 0) is 42.0 Å². The van der Waals surface area contributed by atoms with Crippen molar-refractivity contribution in [3.63, 3.8) is 0 Å². The first-order valence-corrected chi connectivity index (χ1v) is 7.66. The van der Waals surface area contributed by atoms with Gasteiger partial charge >= 0.3 is 23.8 Å². The van der Waals surface area contributed by atoms with E-state index in [0.29, 0.717) is 16.5 Å². The molecule has 2 aromatic heterocycles. The average Bonchev–Trinajstić information content (AvgIpc) is 3.05. The van der Waals surface area contributed by atoms with Crippen LogP contribution in [0, 0.1) is 12.1 Å². The summed E-state index contributed by atoms with van der Waals surface area (Å²) >= 11 is 0. The molecule has 0 aliphatic heterocycles. The van der Waals surface area contributed by atoms with Gasteiger partial charge in [0.2, 0.25) is 0 Å². The lowest BCUT2D eigenvalue weighted by molar-refractivity contribution is -0.803. The van der Waals surface area contributed by atoms with Gasteiger partial charge in [0.05, 0.1) is 5.16 Å². The number of alkyl halides is 3. The van der Waals surface area contributed by atoms with Crippen molar-refractivity contribution in [2.45, 2.75) is 19.7 Å². The maximum atomic E-state index is 12.4. The largest absolute Gasteiger partial charge is 0.573 e. The van der Waals surface area contributed by atoms with Gasteiger partial charge in [-0.1, -0.05) is 0 Å². The number of hydrogen-bond donors (Lipinski definition) is 3. The molecule has 0 bridgehead atoms. The van der Waals surface area contributed by atoms with Crippen LogP contribution in [0.4, 0.5) is 19.0 Å². The van der Waals surface area contributed by atoms with Crippen LogP contribution in [0.25, 0.3) is 10.9 Å². The maximum absolute atomic E-state index is 12.4. The van der Waals surface area contributed by atoms with E-state index >= 15 is 0 Å². The van der Waals surface area contributed by atoms with Crippen molar-refractivity contribution < 1.29 is 32.2 Å². The molecule has 0 fully saturated rings. The molecule has 0 saturated carbocycles. The Kier molecular flexibility index (Phi) is 4.56. The number of nitrogens with two attached hydrogens (primary N) is 1. The third-order valence-electron chi connectivity index (χ3n) is 3.84. The number of H-pyrrole nitrogens is 1. The lowest BCUT2D eigenvalue weighted by Gasteiger charge is -2.09. The predicted octanol–water partition coefficient (Wildman–Crippen LogP) is 1.55. The van der Waals surface area contributed by atoms with E-state index in [4.69, 9.17) is 5.73 Å². The first kappa shape index (κ1) is 18.4. The summed E-state index contributed by atoms with van der Waals surface area (Å²) in [5.41, 5.74) is 6.97. The number of nitrogen functional groups attached to an aromatic ring is 1. The van der Waals surface area contributed by atoms with E-state index in [9.17, 15) is 23.2 Å². The van der Waals surface area contributed by atoms with Crippen LogP contribution < -0.4 is 20.7 Å². The molecule has 0 radical (unpaired) electrons. The number of hydrogen-bond acceptors (Lipinski definition) is 6. The Morgan fingerprint density at radius 2 is 2.22 bits per heavy atom. The summed E-state index contributed by atoms with van der Waals surface area (Å²) in [5, 5.41) is 17.5. The van der Waals surface area contributed by atoms with Crippen molar-refractivity contribution in [1.82, 2.24) is 15.5 Å². The number of aryl methyl sites for hydroxylation is 1. The molecule has 3 rings (SSSR count). The van der Waals surface area contributed by atoms with Crippen molar-refractivity contribution in [2.75, 3.05) is 12.3 Å². The van der Waals surface area contributed by atoms with Crippen LogP contribution in [0.1, 0.15) is 21.7 Å². The number of rotatable bonds is 5. The lowest BCUT2D eigenvalue weighted by Crippen LogP contribution is -2.38. The third-order valence-corrected chi connectivity index (χ3v) is 3.84. The zero-order chi connectivity index (χ0) is 19.8. The molecule has 3 aromatic rings. The number of aromatic amines is 1. The summed E-state index contributed by atoms with van der Waals surface area (Å²) in [4.78, 5) is 14.9. The molecule has 2 heterocycles. The monoisotopic (exact) mass is 385 g/mol. The number of nitrogens with zero attached hydrogens (tertiary/aromatic N) is 2. The minimum Gasteiger partial charge on any atom is -0.406 e. The Morgan fingerprint density at radius 1 is 1.48 bits per heavy atom. The van der Waals surface area contributed by atoms with Gasteiger partial charge in [-0.25, -0.2) is 0 Å². The molecular weight excluding hydrogens is 371 g/mol. The fourth-order valence-corrected chi connectivity index (χ4v) is 2.72. The summed E-state index contributed by atoms with van der Waals surface area (Å²) in [6.45, 7) is 1.85. The molecule has 0 atom stereocenters. The zero-order valence-corrected chi connectivity index (χ0v) is 13.9. The number of carbonyl (C=O) groups excluding carboxylic acids is 1. The van der Waals surface area contributed by atoms with Crippen molar-refractivity contribution in [2.24, 2.45) is 0 Å². The third kappa shape index (κ3) is 3.88. The number of ether oxygens (including phenoxy) is 1. The fraction of sp³-hybridized carbons (Fsp3) is 0.267. The van der Waals surface area contributed by atoms with Crippen LogP contribution in [0.5, 0.6) is 5.75 Å². The molecule has 0 saturated heterocycles. The molecule has 4 N–H and O–H groups in total. The smallest absolute Gasteiger partial charge is 0.406 e. The van der Waals surface area contributed by atoms with E-state index in [1.54, 1.807) is 6.92 Å². The number of carbonyl (C=O) groups is 1. The molecule has 0 spiro atoms. The molecule has 1 amide bonds. The summed E-state index contributed by atoms with van der Waals surface area (Å²) in [6, 6.07) is 3.95.